The third kappa shape index (κ3) is 3.16. The molecular formula is C5H7FO. The van der Waals surface area contributed by atoms with Gasteiger partial charge in [-0.25, -0.2) is 4.39 Å². The fraction of sp³-hybridized carbons (Fsp3) is 0.400. The van der Waals surface area contributed by atoms with Crippen LogP contribution >= 0.6 is 0 Å². The van der Waals surface area contributed by atoms with Crippen LogP contribution in [-0.2, 0) is 4.79 Å². The maximum Gasteiger partial charge on any atom is 0.186 e. The molecule has 1 nitrogen and oxygen atoms in total. The molecule has 0 atom stereocenters. The largest absolute Gasteiger partial charge is 0.292 e. The summed E-state index contributed by atoms with van der Waals surface area (Å²) in [4.78, 5) is 9.95. The number of allylic oxidation sites excluding steroid dienone is 2. The molecule has 7 heavy (non-hydrogen) atoms. The fourth-order valence-electron chi connectivity index (χ4n) is 0.230. The molecule has 0 amide bonds. The van der Waals surface area contributed by atoms with Crippen molar-refractivity contribution < 1.29 is 9.18 Å². The van der Waals surface area contributed by atoms with Gasteiger partial charge in [0.2, 0.25) is 0 Å². The Morgan fingerprint density at radius 1 is 1.86 bits per heavy atom. The van der Waals surface area contributed by atoms with E-state index in [1.807, 2.05) is 0 Å². The number of hydrogen-bond donors (Lipinski definition) is 0. The van der Waals surface area contributed by atoms with Gasteiger partial charge in [0.25, 0.3) is 0 Å². The third-order valence-corrected chi connectivity index (χ3v) is 0.484. The predicted molar refractivity (Wildman–Crippen MR) is 25.8 cm³/mol. The van der Waals surface area contributed by atoms with Crippen LogP contribution in [0.1, 0.15) is 6.92 Å². The number of carbonyl (C=O) groups excluding carboxylic acids is 1. The number of carbonyl (C=O) groups is 1. The summed E-state index contributed by atoms with van der Waals surface area (Å²) in [6.45, 7) is 0.790. The quantitative estimate of drug-likeness (QED) is 0.477. The van der Waals surface area contributed by atoms with Crippen LogP contribution in [-0.4, -0.2) is 12.5 Å². The second-order valence-electron chi connectivity index (χ2n) is 1.10. The van der Waals surface area contributed by atoms with Crippen LogP contribution in [0.3, 0.4) is 0 Å². The minimum Gasteiger partial charge on any atom is -0.292 e. The molecule has 0 aliphatic rings. The molecular weight excluding hydrogens is 95.1 g/mol. The summed E-state index contributed by atoms with van der Waals surface area (Å²) in [5, 5.41) is 0. The Morgan fingerprint density at radius 2 is 2.43 bits per heavy atom. The third-order valence-electron chi connectivity index (χ3n) is 0.484. The number of alkyl halides is 1. The Morgan fingerprint density at radius 3 is 2.57 bits per heavy atom. The zero-order valence-electron chi connectivity index (χ0n) is 4.15. The van der Waals surface area contributed by atoms with E-state index in [0.29, 0.717) is 0 Å². The van der Waals surface area contributed by atoms with E-state index in [1.165, 1.54) is 12.2 Å². The van der Waals surface area contributed by atoms with Gasteiger partial charge in [-0.1, -0.05) is 6.08 Å². The van der Waals surface area contributed by atoms with Crippen LogP contribution in [0.2, 0.25) is 0 Å². The van der Waals surface area contributed by atoms with Crippen molar-refractivity contribution in [2.75, 3.05) is 6.67 Å². The molecule has 0 aromatic carbocycles. The van der Waals surface area contributed by atoms with E-state index in [1.54, 1.807) is 6.92 Å². The van der Waals surface area contributed by atoms with Crippen molar-refractivity contribution in [3.8, 4) is 0 Å². The Balaban J connectivity index is 3.37. The molecule has 0 heterocycles. The molecule has 0 saturated carbocycles. The van der Waals surface area contributed by atoms with Gasteiger partial charge in [-0.3, -0.25) is 4.79 Å². The minimum atomic E-state index is -0.885. The molecule has 0 fully saturated rings. The highest BCUT2D eigenvalue weighted by molar-refractivity contribution is 5.90. The van der Waals surface area contributed by atoms with Crippen LogP contribution in [0.5, 0.6) is 0 Å². The van der Waals surface area contributed by atoms with E-state index in [4.69, 9.17) is 0 Å². The van der Waals surface area contributed by atoms with Gasteiger partial charge in [-0.05, 0) is 13.0 Å². The highest BCUT2D eigenvalue weighted by Gasteiger charge is 1.87. The summed E-state index contributed by atoms with van der Waals surface area (Å²) in [7, 11) is 0. The van der Waals surface area contributed by atoms with E-state index >= 15 is 0 Å². The summed E-state index contributed by atoms with van der Waals surface area (Å²) in [6, 6.07) is 0. The maximum absolute atomic E-state index is 11.2. The summed E-state index contributed by atoms with van der Waals surface area (Å²) < 4.78 is 11.2. The lowest BCUT2D eigenvalue weighted by molar-refractivity contribution is -0.115. The van der Waals surface area contributed by atoms with Crippen molar-refractivity contribution >= 4 is 5.78 Å². The molecule has 0 aliphatic heterocycles. The summed E-state index contributed by atoms with van der Waals surface area (Å²) in [5.41, 5.74) is 0. The first-order valence-electron chi connectivity index (χ1n) is 2.02. The first-order chi connectivity index (χ1) is 3.31. The topological polar surface area (TPSA) is 17.1 Å². The first-order valence-corrected chi connectivity index (χ1v) is 2.02. The van der Waals surface area contributed by atoms with Crippen molar-refractivity contribution in [3.05, 3.63) is 12.2 Å². The Labute approximate surface area is 41.8 Å². The SMILES string of the molecule is CC=CC(=O)CF. The summed E-state index contributed by atoms with van der Waals surface area (Å²) >= 11 is 0. The molecule has 0 bridgehead atoms. The Kier molecular flexibility index (Phi) is 3.19. The molecule has 0 aliphatic carbocycles. The van der Waals surface area contributed by atoms with E-state index < -0.39 is 12.5 Å². The maximum atomic E-state index is 11.2. The van der Waals surface area contributed by atoms with Gasteiger partial charge in [0.15, 0.2) is 12.5 Å². The molecule has 0 aromatic rings. The molecule has 0 saturated heterocycles. The van der Waals surface area contributed by atoms with Gasteiger partial charge in [0.1, 0.15) is 0 Å². The van der Waals surface area contributed by atoms with Gasteiger partial charge in [-0.2, -0.15) is 0 Å². The number of halogens is 1. The van der Waals surface area contributed by atoms with Crippen LogP contribution < -0.4 is 0 Å². The number of ketones is 1. The molecule has 40 valence electrons. The van der Waals surface area contributed by atoms with Crippen molar-refractivity contribution in [2.45, 2.75) is 6.92 Å². The fourth-order valence-corrected chi connectivity index (χ4v) is 0.230. The molecule has 2 heteroatoms. The highest BCUT2D eigenvalue weighted by atomic mass is 19.1. The standard InChI is InChI=1S/C5H7FO/c1-2-3-5(7)4-6/h2-3H,4H2,1H3. The normalized spacial score (nSPS) is 10.0. The molecule has 0 aromatic heterocycles. The van der Waals surface area contributed by atoms with Crippen molar-refractivity contribution in [1.82, 2.24) is 0 Å². The van der Waals surface area contributed by atoms with Crippen molar-refractivity contribution in [2.24, 2.45) is 0 Å². The minimum absolute atomic E-state index is 0.470. The lowest BCUT2D eigenvalue weighted by Crippen LogP contribution is -1.91. The second kappa shape index (κ2) is 3.53. The van der Waals surface area contributed by atoms with Crippen LogP contribution in [0.15, 0.2) is 12.2 Å². The monoisotopic (exact) mass is 102 g/mol. The Hall–Kier alpha value is -0.660. The molecule has 0 unspecified atom stereocenters. The molecule has 0 spiro atoms. The van der Waals surface area contributed by atoms with E-state index in [-0.39, 0.29) is 0 Å². The second-order valence-corrected chi connectivity index (χ2v) is 1.10. The van der Waals surface area contributed by atoms with E-state index in [0.717, 1.165) is 0 Å². The van der Waals surface area contributed by atoms with Gasteiger partial charge < -0.3 is 0 Å². The molecule has 0 rings (SSSR count). The predicted octanol–water partition coefficient (Wildman–Crippen LogP) is 1.10. The van der Waals surface area contributed by atoms with Gasteiger partial charge in [0.05, 0.1) is 0 Å². The smallest absolute Gasteiger partial charge is 0.186 e. The van der Waals surface area contributed by atoms with Crippen LogP contribution in [0.4, 0.5) is 4.39 Å². The van der Waals surface area contributed by atoms with Crippen molar-refractivity contribution in [1.29, 1.82) is 0 Å². The molecule has 0 N–H and O–H groups in total. The van der Waals surface area contributed by atoms with Gasteiger partial charge in [-0.15, -0.1) is 0 Å². The number of rotatable bonds is 2. The first kappa shape index (κ1) is 6.34. The lowest BCUT2D eigenvalue weighted by Gasteiger charge is -1.75. The highest BCUT2D eigenvalue weighted by Crippen LogP contribution is 1.75. The summed E-state index contributed by atoms with van der Waals surface area (Å²) in [5.74, 6) is -0.470. The average Bonchev–Trinajstić information content (AvgIpc) is 1.68. The Bertz CT molecular complexity index is 86.1. The average molecular weight is 102 g/mol. The van der Waals surface area contributed by atoms with Gasteiger partial charge in [0, 0.05) is 0 Å². The lowest BCUT2D eigenvalue weighted by atomic mass is 10.4. The van der Waals surface area contributed by atoms with Gasteiger partial charge >= 0.3 is 0 Å². The van der Waals surface area contributed by atoms with Crippen LogP contribution in [0.25, 0.3) is 0 Å². The van der Waals surface area contributed by atoms with E-state index in [9.17, 15) is 9.18 Å². The van der Waals surface area contributed by atoms with E-state index in [2.05, 4.69) is 0 Å². The zero-order chi connectivity index (χ0) is 5.70. The van der Waals surface area contributed by atoms with Crippen LogP contribution in [0, 0.1) is 0 Å². The number of hydrogen-bond acceptors (Lipinski definition) is 1. The summed E-state index contributed by atoms with van der Waals surface area (Å²) in [6.07, 6.45) is 2.72. The molecule has 0 radical (unpaired) electrons. The van der Waals surface area contributed by atoms with Crippen molar-refractivity contribution in [3.63, 3.8) is 0 Å². The zero-order valence-corrected chi connectivity index (χ0v) is 4.15.